The maximum atomic E-state index is 13.5. The van der Waals surface area contributed by atoms with Crippen LogP contribution >= 0.6 is 23.2 Å². The standard InChI is InChI=1S/C20H12Cl2FN2O/c1-25-10-17-11(6-19(25)26)9-24-20(15-5-3-13(23)8-18(15)22)16-7-12(21)2-4-14(16)17/h3-8,10H,9H2,1H3. The Labute approximate surface area is 159 Å². The van der Waals surface area contributed by atoms with Crippen LogP contribution in [-0.2, 0) is 13.6 Å². The Morgan fingerprint density at radius 1 is 1.12 bits per heavy atom. The Balaban J connectivity index is 2.03. The van der Waals surface area contributed by atoms with E-state index in [1.807, 2.05) is 0 Å². The molecule has 129 valence electrons. The molecule has 1 aliphatic rings. The summed E-state index contributed by atoms with van der Waals surface area (Å²) < 4.78 is 15.0. The highest BCUT2D eigenvalue weighted by Crippen LogP contribution is 2.34. The van der Waals surface area contributed by atoms with Crippen molar-refractivity contribution in [3.05, 3.63) is 91.6 Å². The van der Waals surface area contributed by atoms with Crippen LogP contribution in [0.1, 0.15) is 16.7 Å². The van der Waals surface area contributed by atoms with Crippen LogP contribution in [0.5, 0.6) is 0 Å². The summed E-state index contributed by atoms with van der Waals surface area (Å²) in [5.41, 5.74) is 4.40. The number of halogens is 3. The van der Waals surface area contributed by atoms with Crippen LogP contribution in [0.4, 0.5) is 4.39 Å². The molecule has 0 saturated heterocycles. The second-order valence-corrected chi connectivity index (χ2v) is 6.87. The fourth-order valence-corrected chi connectivity index (χ4v) is 3.51. The minimum absolute atomic E-state index is 0.110. The minimum Gasteiger partial charge on any atom is -0.318 e. The first-order valence-corrected chi connectivity index (χ1v) is 8.61. The highest BCUT2D eigenvalue weighted by molar-refractivity contribution is 6.36. The molecule has 0 saturated carbocycles. The molecule has 0 aliphatic carbocycles. The van der Waals surface area contributed by atoms with Crippen LogP contribution in [0.25, 0.3) is 11.1 Å². The first-order chi connectivity index (χ1) is 12.4. The zero-order valence-electron chi connectivity index (χ0n) is 13.7. The van der Waals surface area contributed by atoms with Crippen molar-refractivity contribution in [1.82, 2.24) is 4.57 Å². The van der Waals surface area contributed by atoms with Gasteiger partial charge in [-0.15, -0.1) is 0 Å². The summed E-state index contributed by atoms with van der Waals surface area (Å²) in [5.74, 6) is -0.418. The van der Waals surface area contributed by atoms with Gasteiger partial charge >= 0.3 is 0 Å². The second kappa shape index (κ2) is 6.38. The van der Waals surface area contributed by atoms with Gasteiger partial charge in [-0.25, -0.2) is 4.39 Å². The number of fused-ring (bicyclic) bond motifs is 3. The molecule has 2 aromatic carbocycles. The molecule has 0 N–H and O–H groups in total. The lowest BCUT2D eigenvalue weighted by Crippen LogP contribution is -2.16. The van der Waals surface area contributed by atoms with Crippen molar-refractivity contribution in [3.63, 3.8) is 0 Å². The third kappa shape index (κ3) is 2.85. The van der Waals surface area contributed by atoms with Gasteiger partial charge in [0.05, 0.1) is 17.3 Å². The second-order valence-electron chi connectivity index (χ2n) is 6.06. The summed E-state index contributed by atoms with van der Waals surface area (Å²) in [6.45, 7) is 0.306. The number of aromatic nitrogens is 1. The fraction of sp³-hybridized carbons (Fsp3) is 0.100. The molecule has 2 heterocycles. The average molecular weight is 386 g/mol. The van der Waals surface area contributed by atoms with Gasteiger partial charge in [0.1, 0.15) is 5.82 Å². The molecule has 6 heteroatoms. The summed E-state index contributed by atoms with van der Waals surface area (Å²) in [4.78, 5) is 16.7. The Morgan fingerprint density at radius 3 is 2.69 bits per heavy atom. The number of hydrogen-bond donors (Lipinski definition) is 0. The molecular formula is C20H12Cl2FN2O. The largest absolute Gasteiger partial charge is 0.318 e. The number of aliphatic imine (C=N–C) groups is 1. The van der Waals surface area contributed by atoms with Gasteiger partial charge in [0, 0.05) is 47.1 Å². The van der Waals surface area contributed by atoms with Crippen LogP contribution in [0.2, 0.25) is 10.0 Å². The number of aryl methyl sites for hydroxylation is 1. The molecular weight excluding hydrogens is 374 g/mol. The van der Waals surface area contributed by atoms with E-state index in [1.54, 1.807) is 37.5 Å². The average Bonchev–Trinajstić information content (AvgIpc) is 2.73. The van der Waals surface area contributed by atoms with E-state index in [2.05, 4.69) is 11.1 Å². The summed E-state index contributed by atoms with van der Waals surface area (Å²) in [6.07, 6.45) is 1.78. The van der Waals surface area contributed by atoms with E-state index >= 15 is 0 Å². The topological polar surface area (TPSA) is 34.4 Å². The molecule has 0 fully saturated rings. The van der Waals surface area contributed by atoms with Crippen molar-refractivity contribution in [3.8, 4) is 11.1 Å². The maximum absolute atomic E-state index is 13.5. The molecule has 0 atom stereocenters. The van der Waals surface area contributed by atoms with Crippen molar-refractivity contribution >= 4 is 28.9 Å². The SMILES string of the molecule is Cn1cc2c(cc1=O)CN=C(c1ccc(F)cc1Cl)c1cc(Cl)[c]cc1-2. The monoisotopic (exact) mass is 385 g/mol. The molecule has 1 radical (unpaired) electrons. The molecule has 0 spiro atoms. The van der Waals surface area contributed by atoms with Crippen molar-refractivity contribution in [2.75, 3.05) is 0 Å². The fourth-order valence-electron chi connectivity index (χ4n) is 3.09. The number of benzene rings is 2. The molecule has 3 nitrogen and oxygen atoms in total. The van der Waals surface area contributed by atoms with E-state index in [9.17, 15) is 9.18 Å². The highest BCUT2D eigenvalue weighted by Gasteiger charge is 2.22. The van der Waals surface area contributed by atoms with Crippen LogP contribution in [0, 0.1) is 11.9 Å². The molecule has 3 aromatic rings. The van der Waals surface area contributed by atoms with Gasteiger partial charge in [-0.05, 0) is 41.5 Å². The summed E-state index contributed by atoms with van der Waals surface area (Å²) in [5, 5.41) is 0.697. The lowest BCUT2D eigenvalue weighted by molar-refractivity contribution is 0.628. The Kier molecular flexibility index (Phi) is 4.17. The third-order valence-electron chi connectivity index (χ3n) is 4.37. The van der Waals surface area contributed by atoms with Crippen LogP contribution in [0.15, 0.2) is 52.4 Å². The van der Waals surface area contributed by atoms with Crippen molar-refractivity contribution in [2.45, 2.75) is 6.54 Å². The van der Waals surface area contributed by atoms with Gasteiger partial charge in [0.2, 0.25) is 0 Å². The number of nitrogens with zero attached hydrogens (tertiary/aromatic N) is 2. The summed E-state index contributed by atoms with van der Waals surface area (Å²) in [7, 11) is 1.70. The quantitative estimate of drug-likeness (QED) is 0.600. The van der Waals surface area contributed by atoms with Crippen molar-refractivity contribution in [1.29, 1.82) is 0 Å². The Bertz CT molecular complexity index is 1140. The first kappa shape index (κ1) is 17.0. The zero-order chi connectivity index (χ0) is 18.4. The van der Waals surface area contributed by atoms with Gasteiger partial charge in [0.25, 0.3) is 5.56 Å². The third-order valence-corrected chi connectivity index (χ3v) is 4.90. The Morgan fingerprint density at radius 2 is 1.92 bits per heavy atom. The van der Waals surface area contributed by atoms with Crippen molar-refractivity contribution in [2.24, 2.45) is 12.0 Å². The molecule has 1 aromatic heterocycles. The highest BCUT2D eigenvalue weighted by atomic mass is 35.5. The van der Waals surface area contributed by atoms with Gasteiger partial charge in [-0.1, -0.05) is 23.2 Å². The van der Waals surface area contributed by atoms with E-state index in [0.717, 1.165) is 22.3 Å². The van der Waals surface area contributed by atoms with Crippen LogP contribution < -0.4 is 5.56 Å². The maximum Gasteiger partial charge on any atom is 0.250 e. The molecule has 0 unspecified atom stereocenters. The number of hydrogen-bond acceptors (Lipinski definition) is 2. The predicted molar refractivity (Wildman–Crippen MR) is 102 cm³/mol. The molecule has 4 rings (SSSR count). The molecule has 0 amide bonds. The first-order valence-electron chi connectivity index (χ1n) is 7.85. The van der Waals surface area contributed by atoms with E-state index < -0.39 is 5.82 Å². The normalized spacial score (nSPS) is 12.8. The molecule has 26 heavy (non-hydrogen) atoms. The number of pyridine rings is 1. The van der Waals surface area contributed by atoms with Gasteiger partial charge in [-0.3, -0.25) is 9.79 Å². The van der Waals surface area contributed by atoms with E-state index in [-0.39, 0.29) is 10.6 Å². The van der Waals surface area contributed by atoms with Crippen LogP contribution in [0.3, 0.4) is 0 Å². The van der Waals surface area contributed by atoms with Gasteiger partial charge in [-0.2, -0.15) is 0 Å². The predicted octanol–water partition coefficient (Wildman–Crippen LogP) is 4.65. The lowest BCUT2D eigenvalue weighted by atomic mass is 9.93. The lowest BCUT2D eigenvalue weighted by Gasteiger charge is -2.13. The smallest absolute Gasteiger partial charge is 0.250 e. The van der Waals surface area contributed by atoms with Crippen molar-refractivity contribution < 1.29 is 4.39 Å². The molecule has 1 aliphatic heterocycles. The minimum atomic E-state index is -0.418. The van der Waals surface area contributed by atoms with E-state index in [4.69, 9.17) is 23.2 Å². The zero-order valence-corrected chi connectivity index (χ0v) is 15.2. The van der Waals surface area contributed by atoms with E-state index in [1.165, 1.54) is 16.7 Å². The van der Waals surface area contributed by atoms with Gasteiger partial charge < -0.3 is 4.57 Å². The van der Waals surface area contributed by atoms with Crippen LogP contribution in [-0.4, -0.2) is 10.3 Å². The summed E-state index contributed by atoms with van der Waals surface area (Å²) >= 11 is 12.4. The molecule has 0 bridgehead atoms. The van der Waals surface area contributed by atoms with Gasteiger partial charge in [0.15, 0.2) is 0 Å². The summed E-state index contributed by atoms with van der Waals surface area (Å²) in [6, 6.07) is 12.3. The number of rotatable bonds is 1. The van der Waals surface area contributed by atoms with E-state index in [0.29, 0.717) is 22.8 Å². The Hall–Kier alpha value is -2.43.